The third-order valence-corrected chi connectivity index (χ3v) is 13.9. The number of fused-ring (bicyclic) bond motifs is 5. The van der Waals surface area contributed by atoms with E-state index in [1.165, 1.54) is 97.4 Å². The summed E-state index contributed by atoms with van der Waals surface area (Å²) in [6, 6.07) is 90.9. The van der Waals surface area contributed by atoms with Gasteiger partial charge in [0.15, 0.2) is 0 Å². The van der Waals surface area contributed by atoms with Gasteiger partial charge in [-0.25, -0.2) is 0 Å². The molecule has 0 aliphatic rings. The van der Waals surface area contributed by atoms with E-state index in [4.69, 9.17) is 0 Å². The summed E-state index contributed by atoms with van der Waals surface area (Å²) in [4.78, 5) is 2.37. The van der Waals surface area contributed by atoms with Crippen LogP contribution >= 0.6 is 11.3 Å². The van der Waals surface area contributed by atoms with E-state index < -0.39 is 0 Å². The van der Waals surface area contributed by atoms with E-state index in [0.29, 0.717) is 0 Å². The minimum Gasteiger partial charge on any atom is -0.311 e. The molecule has 11 aromatic carbocycles. The summed E-state index contributed by atoms with van der Waals surface area (Å²) in [5.41, 5.74) is 15.4. The fourth-order valence-electron chi connectivity index (χ4n) is 9.51. The molecule has 0 amide bonds. The zero-order chi connectivity index (χ0) is 42.4. The summed E-state index contributed by atoms with van der Waals surface area (Å²) in [5, 5.41) is 7.63. The lowest BCUT2D eigenvalue weighted by atomic mass is 9.90. The molecular weight excluding hydrogens is 791 g/mol. The number of nitrogens with zero attached hydrogens (tertiary/aromatic N) is 1. The van der Waals surface area contributed by atoms with Crippen molar-refractivity contribution in [2.24, 2.45) is 0 Å². The molecule has 0 radical (unpaired) electrons. The molecule has 0 fully saturated rings. The van der Waals surface area contributed by atoms with E-state index >= 15 is 0 Å². The van der Waals surface area contributed by atoms with E-state index in [9.17, 15) is 0 Å². The highest BCUT2D eigenvalue weighted by molar-refractivity contribution is 7.25. The van der Waals surface area contributed by atoms with Crippen molar-refractivity contribution in [1.82, 2.24) is 0 Å². The maximum absolute atomic E-state index is 2.39. The van der Waals surface area contributed by atoms with Crippen LogP contribution in [0.3, 0.4) is 0 Å². The number of benzene rings is 11. The van der Waals surface area contributed by atoms with Crippen LogP contribution in [0.4, 0.5) is 17.1 Å². The summed E-state index contributed by atoms with van der Waals surface area (Å²) in [7, 11) is 0. The highest BCUT2D eigenvalue weighted by atomic mass is 32.1. The number of rotatable bonds is 8. The monoisotopic (exact) mass is 831 g/mol. The van der Waals surface area contributed by atoms with Crippen molar-refractivity contribution >= 4 is 70.1 Å². The van der Waals surface area contributed by atoms with Crippen molar-refractivity contribution in [3.8, 4) is 55.6 Å². The number of hydrogen-bond acceptors (Lipinski definition) is 2. The van der Waals surface area contributed by atoms with Gasteiger partial charge in [0.25, 0.3) is 0 Å². The molecule has 0 atom stereocenters. The van der Waals surface area contributed by atoms with Crippen LogP contribution < -0.4 is 4.90 Å². The minimum atomic E-state index is 1.09. The number of hydrogen-bond donors (Lipinski definition) is 0. The number of thiophene rings is 1. The molecule has 0 saturated heterocycles. The van der Waals surface area contributed by atoms with E-state index in [2.05, 4.69) is 254 Å². The lowest BCUT2D eigenvalue weighted by Gasteiger charge is -2.26. The molecular formula is C62H41NS. The van der Waals surface area contributed by atoms with Gasteiger partial charge in [-0.05, 0) is 138 Å². The molecule has 12 aromatic rings. The molecule has 1 aromatic heterocycles. The second-order valence-corrected chi connectivity index (χ2v) is 17.5. The van der Waals surface area contributed by atoms with Crippen molar-refractivity contribution in [1.29, 1.82) is 0 Å². The van der Waals surface area contributed by atoms with Crippen molar-refractivity contribution < 1.29 is 0 Å². The van der Waals surface area contributed by atoms with Gasteiger partial charge in [0.2, 0.25) is 0 Å². The van der Waals surface area contributed by atoms with Gasteiger partial charge in [-0.3, -0.25) is 0 Å². The molecule has 0 bridgehead atoms. The average molecular weight is 832 g/mol. The van der Waals surface area contributed by atoms with Gasteiger partial charge in [-0.1, -0.05) is 188 Å². The topological polar surface area (TPSA) is 3.24 Å². The average Bonchev–Trinajstić information content (AvgIpc) is 3.75. The Kier molecular flexibility index (Phi) is 9.43. The van der Waals surface area contributed by atoms with Crippen LogP contribution in [0.5, 0.6) is 0 Å². The van der Waals surface area contributed by atoms with Crippen LogP contribution in [0.25, 0.3) is 97.4 Å². The van der Waals surface area contributed by atoms with Crippen LogP contribution in [0.15, 0.2) is 249 Å². The third kappa shape index (κ3) is 6.82. The first-order valence-corrected chi connectivity index (χ1v) is 22.7. The summed E-state index contributed by atoms with van der Waals surface area (Å²) in [6.45, 7) is 0. The van der Waals surface area contributed by atoms with Crippen LogP contribution in [-0.4, -0.2) is 0 Å². The molecule has 300 valence electrons. The molecule has 1 heterocycles. The fourth-order valence-corrected chi connectivity index (χ4v) is 10.6. The van der Waals surface area contributed by atoms with E-state index in [1.54, 1.807) is 0 Å². The Hall–Kier alpha value is -8.04. The van der Waals surface area contributed by atoms with Crippen molar-refractivity contribution in [2.75, 3.05) is 4.90 Å². The highest BCUT2D eigenvalue weighted by Gasteiger charge is 2.17. The molecule has 12 rings (SSSR count). The van der Waals surface area contributed by atoms with Crippen molar-refractivity contribution in [3.63, 3.8) is 0 Å². The van der Waals surface area contributed by atoms with Crippen LogP contribution in [0.1, 0.15) is 0 Å². The zero-order valence-electron chi connectivity index (χ0n) is 35.0. The van der Waals surface area contributed by atoms with Crippen LogP contribution in [-0.2, 0) is 0 Å². The fraction of sp³-hybridized carbons (Fsp3) is 0. The summed E-state index contributed by atoms with van der Waals surface area (Å²) in [6.07, 6.45) is 0. The van der Waals surface area contributed by atoms with Gasteiger partial charge in [0.05, 0.1) is 0 Å². The smallest absolute Gasteiger partial charge is 0.0462 e. The molecule has 0 unspecified atom stereocenters. The molecule has 64 heavy (non-hydrogen) atoms. The second-order valence-electron chi connectivity index (χ2n) is 16.5. The molecule has 0 spiro atoms. The largest absolute Gasteiger partial charge is 0.311 e. The quantitative estimate of drug-likeness (QED) is 0.147. The normalized spacial score (nSPS) is 11.4. The van der Waals surface area contributed by atoms with Gasteiger partial charge >= 0.3 is 0 Å². The van der Waals surface area contributed by atoms with Crippen LogP contribution in [0, 0.1) is 0 Å². The second kappa shape index (κ2) is 16.0. The predicted molar refractivity (Wildman–Crippen MR) is 276 cm³/mol. The zero-order valence-corrected chi connectivity index (χ0v) is 35.8. The maximum Gasteiger partial charge on any atom is 0.0462 e. The SMILES string of the molecule is c1ccc(-c2ccc(-c3ccc(N(c4ccc(-c5cccc6ccccc56)cc4)c4ccc(-c5cccc6ccccc56)cc4)cc3)cc2-c2ccc3sc4ccccc4c3c2)cc1. The molecule has 0 aliphatic heterocycles. The van der Waals surface area contributed by atoms with Gasteiger partial charge in [0.1, 0.15) is 0 Å². The first kappa shape index (κ1) is 37.7. The highest BCUT2D eigenvalue weighted by Crippen LogP contribution is 2.43. The number of anilines is 3. The molecule has 0 aliphatic carbocycles. The van der Waals surface area contributed by atoms with E-state index in [1.807, 2.05) is 11.3 Å². The van der Waals surface area contributed by atoms with Crippen LogP contribution in [0.2, 0.25) is 0 Å². The maximum atomic E-state index is 2.39. The van der Waals surface area contributed by atoms with E-state index in [-0.39, 0.29) is 0 Å². The Morgan fingerprint density at radius 1 is 0.234 bits per heavy atom. The Balaban J connectivity index is 0.943. The van der Waals surface area contributed by atoms with Crippen molar-refractivity contribution in [3.05, 3.63) is 249 Å². The molecule has 0 N–H and O–H groups in total. The Morgan fingerprint density at radius 2 is 0.688 bits per heavy atom. The summed E-state index contributed by atoms with van der Waals surface area (Å²) in [5.74, 6) is 0. The molecule has 2 heteroatoms. The van der Waals surface area contributed by atoms with E-state index in [0.717, 1.165) is 17.1 Å². The summed E-state index contributed by atoms with van der Waals surface area (Å²) < 4.78 is 2.64. The third-order valence-electron chi connectivity index (χ3n) is 12.7. The Bertz CT molecular complexity index is 3510. The van der Waals surface area contributed by atoms with Gasteiger partial charge in [-0.2, -0.15) is 0 Å². The summed E-state index contributed by atoms with van der Waals surface area (Å²) >= 11 is 1.86. The molecule has 1 nitrogen and oxygen atoms in total. The predicted octanol–water partition coefficient (Wildman–Crippen LogP) is 18.2. The Morgan fingerprint density at radius 3 is 1.30 bits per heavy atom. The Labute approximate surface area is 377 Å². The lowest BCUT2D eigenvalue weighted by molar-refractivity contribution is 1.28. The van der Waals surface area contributed by atoms with Gasteiger partial charge in [0, 0.05) is 37.2 Å². The molecule has 0 saturated carbocycles. The van der Waals surface area contributed by atoms with Crippen molar-refractivity contribution in [2.45, 2.75) is 0 Å². The minimum absolute atomic E-state index is 1.09. The lowest BCUT2D eigenvalue weighted by Crippen LogP contribution is -2.09. The van der Waals surface area contributed by atoms with Gasteiger partial charge in [-0.15, -0.1) is 11.3 Å². The first-order valence-electron chi connectivity index (χ1n) is 21.9. The standard InChI is InChI=1S/C62H41NS/c1-2-12-43(13-3-1)57-38-30-48(40-59(57)49-31-39-62-60(41-49)58-20-8-9-23-61(58)64-62)42-24-32-50(33-25-42)63(51-34-26-46(27-35-51)55-21-10-16-44-14-4-6-18-53(44)55)52-36-28-47(29-37-52)56-22-11-17-45-15-5-7-19-54(45)56/h1-41H. The van der Waals surface area contributed by atoms with Gasteiger partial charge < -0.3 is 4.90 Å². The first-order chi connectivity index (χ1) is 31.7.